The van der Waals surface area contributed by atoms with E-state index >= 15 is 4.39 Å². The van der Waals surface area contributed by atoms with Gasteiger partial charge in [0.15, 0.2) is 17.4 Å². The normalized spacial score (nSPS) is 16.1. The maximum Gasteiger partial charge on any atom is 0.232 e. The molecule has 4 heterocycles. The molecule has 0 aliphatic carbocycles. The van der Waals surface area contributed by atoms with Crippen LogP contribution >= 0.6 is 11.6 Å². The molecule has 0 amide bonds. The number of methoxy groups -OCH3 is 1. The lowest BCUT2D eigenvalue weighted by molar-refractivity contribution is 0.247. The van der Waals surface area contributed by atoms with Crippen molar-refractivity contribution in [3.8, 4) is 17.2 Å². The van der Waals surface area contributed by atoms with Gasteiger partial charge in [-0.3, -0.25) is 4.31 Å². The fourth-order valence-electron chi connectivity index (χ4n) is 5.33. The number of nitrogens with one attached hydrogen (secondary N) is 2. The average Bonchev–Trinajstić information content (AvgIpc) is 3.00. The van der Waals surface area contributed by atoms with Gasteiger partial charge in [-0.15, -0.1) is 0 Å². The van der Waals surface area contributed by atoms with E-state index in [2.05, 4.69) is 44.5 Å². The summed E-state index contributed by atoms with van der Waals surface area (Å²) < 4.78 is 59.0. The zero-order chi connectivity index (χ0) is 32.3. The molecule has 45 heavy (non-hydrogen) atoms. The maximum absolute atomic E-state index is 15.2. The van der Waals surface area contributed by atoms with Crippen molar-refractivity contribution >= 4 is 56.1 Å². The first-order valence-corrected chi connectivity index (χ1v) is 16.9. The van der Waals surface area contributed by atoms with E-state index in [1.807, 2.05) is 12.1 Å². The first-order chi connectivity index (χ1) is 21.4. The van der Waals surface area contributed by atoms with E-state index in [9.17, 15) is 8.42 Å². The van der Waals surface area contributed by atoms with Crippen molar-refractivity contribution in [2.75, 3.05) is 80.7 Å². The summed E-state index contributed by atoms with van der Waals surface area (Å²) in [6, 6.07) is 6.85. The van der Waals surface area contributed by atoms with Gasteiger partial charge in [0.05, 0.1) is 55.5 Å². The number of piperidine rings is 1. The van der Waals surface area contributed by atoms with Crippen LogP contribution in [0, 0.1) is 5.82 Å². The molecule has 0 saturated carbocycles. The molecule has 3 aliphatic rings. The van der Waals surface area contributed by atoms with Crippen LogP contribution in [0.3, 0.4) is 0 Å². The van der Waals surface area contributed by atoms with E-state index in [-0.39, 0.29) is 40.5 Å². The first kappa shape index (κ1) is 32.6. The van der Waals surface area contributed by atoms with Crippen molar-refractivity contribution in [1.29, 1.82) is 0 Å². The second-order valence-corrected chi connectivity index (χ2v) is 13.7. The van der Waals surface area contributed by atoms with Crippen LogP contribution in [0.4, 0.5) is 38.9 Å². The third-order valence-corrected chi connectivity index (χ3v) is 9.47. The van der Waals surface area contributed by atoms with Crippen LogP contribution in [0.2, 0.25) is 5.02 Å². The molecule has 15 heteroatoms. The number of anilines is 6. The monoisotopic (exact) mass is 663 g/mol. The van der Waals surface area contributed by atoms with Crippen molar-refractivity contribution in [3.63, 3.8) is 0 Å². The summed E-state index contributed by atoms with van der Waals surface area (Å²) in [7, 11) is 3.48. The van der Waals surface area contributed by atoms with Crippen LogP contribution in [0.15, 0.2) is 30.5 Å². The molecule has 1 saturated heterocycles. The SMILES string of the molecule is COc1cc(N2CCC(N(C)C)CC2)c2cc1Nc1ncc(Cl)c(n1)Nc1cc(F)c(cc1N(C)S(C)(=O)=O)OCCCCO2. The first-order valence-electron chi connectivity index (χ1n) is 14.7. The molecule has 1 fully saturated rings. The number of hydrogen-bond acceptors (Lipinski definition) is 11. The number of aromatic nitrogens is 2. The average molecular weight is 664 g/mol. The van der Waals surface area contributed by atoms with Crippen LogP contribution < -0.4 is 34.0 Å². The molecule has 0 atom stereocenters. The van der Waals surface area contributed by atoms with Gasteiger partial charge in [-0.05, 0) is 39.8 Å². The fourth-order valence-corrected chi connectivity index (χ4v) is 5.97. The topological polar surface area (TPSA) is 121 Å². The lowest BCUT2D eigenvalue weighted by atomic mass is 10.0. The number of sulfonamides is 1. The number of fused-ring (bicyclic) bond motifs is 7. The van der Waals surface area contributed by atoms with E-state index in [0.29, 0.717) is 42.7 Å². The Hall–Kier alpha value is -3.75. The largest absolute Gasteiger partial charge is 0.494 e. The smallest absolute Gasteiger partial charge is 0.232 e. The van der Waals surface area contributed by atoms with E-state index < -0.39 is 15.8 Å². The van der Waals surface area contributed by atoms with Crippen molar-refractivity contribution in [2.45, 2.75) is 31.7 Å². The molecule has 6 rings (SSSR count). The Labute approximate surface area is 268 Å². The summed E-state index contributed by atoms with van der Waals surface area (Å²) in [4.78, 5) is 13.4. The molecule has 6 bridgehead atoms. The standard InChI is InChI=1S/C30H39ClFN7O5S/c1-37(2)19-8-10-39(11-9-19)25-17-27(42-4)23-15-28(25)44-13-7-6-12-43-26-16-24(38(3)45(5,40)41)22(14-21(26)32)34-29-20(31)18-33-30(35-23)36-29/h14-19H,6-13H2,1-5H3,(H2,33,34,35,36). The van der Waals surface area contributed by atoms with Crippen LogP contribution in [0.25, 0.3) is 0 Å². The lowest BCUT2D eigenvalue weighted by Crippen LogP contribution is -2.42. The summed E-state index contributed by atoms with van der Waals surface area (Å²) in [5, 5.41) is 6.32. The van der Waals surface area contributed by atoms with Crippen LogP contribution in [-0.4, -0.2) is 90.1 Å². The second kappa shape index (κ2) is 13.7. The van der Waals surface area contributed by atoms with Gasteiger partial charge in [-0.1, -0.05) is 11.6 Å². The quantitative estimate of drug-likeness (QED) is 0.373. The summed E-state index contributed by atoms with van der Waals surface area (Å²) in [6.07, 6.45) is 5.71. The van der Waals surface area contributed by atoms with Gasteiger partial charge in [0.1, 0.15) is 16.5 Å². The minimum Gasteiger partial charge on any atom is -0.494 e. The number of halogens is 2. The van der Waals surface area contributed by atoms with Crippen LogP contribution in [-0.2, 0) is 10.0 Å². The van der Waals surface area contributed by atoms with E-state index in [1.165, 1.54) is 19.3 Å². The summed E-state index contributed by atoms with van der Waals surface area (Å²) >= 11 is 6.44. The molecule has 0 spiro atoms. The highest BCUT2D eigenvalue weighted by Crippen LogP contribution is 2.42. The zero-order valence-electron chi connectivity index (χ0n) is 26.1. The van der Waals surface area contributed by atoms with Crippen molar-refractivity contribution in [3.05, 3.63) is 41.3 Å². The van der Waals surface area contributed by atoms with Gasteiger partial charge in [-0.25, -0.2) is 17.8 Å². The number of hydrogen-bond donors (Lipinski definition) is 2. The second-order valence-electron chi connectivity index (χ2n) is 11.3. The minimum absolute atomic E-state index is 0.0764. The van der Waals surface area contributed by atoms with Crippen LogP contribution in [0.5, 0.6) is 17.2 Å². The molecule has 3 aromatic rings. The van der Waals surface area contributed by atoms with Gasteiger partial charge in [0, 0.05) is 50.4 Å². The molecular formula is C30H39ClFN7O5S. The number of ether oxygens (including phenoxy) is 3. The molecule has 244 valence electrons. The van der Waals surface area contributed by atoms with Gasteiger partial charge in [-0.2, -0.15) is 4.98 Å². The Morgan fingerprint density at radius 3 is 2.36 bits per heavy atom. The Balaban J connectivity index is 1.54. The maximum atomic E-state index is 15.2. The van der Waals surface area contributed by atoms with Gasteiger partial charge >= 0.3 is 0 Å². The molecular weight excluding hydrogens is 625 g/mol. The van der Waals surface area contributed by atoms with Crippen molar-refractivity contribution in [2.24, 2.45) is 0 Å². The van der Waals surface area contributed by atoms with E-state index in [1.54, 1.807) is 7.11 Å². The Morgan fingerprint density at radius 1 is 1.02 bits per heavy atom. The lowest BCUT2D eigenvalue weighted by Gasteiger charge is -2.37. The van der Waals surface area contributed by atoms with Crippen molar-refractivity contribution < 1.29 is 27.0 Å². The highest BCUT2D eigenvalue weighted by molar-refractivity contribution is 7.92. The summed E-state index contributed by atoms with van der Waals surface area (Å²) in [5.41, 5.74) is 1.78. The van der Waals surface area contributed by atoms with E-state index in [4.69, 9.17) is 25.8 Å². The van der Waals surface area contributed by atoms with E-state index in [0.717, 1.165) is 48.2 Å². The Morgan fingerprint density at radius 2 is 1.71 bits per heavy atom. The number of rotatable bonds is 5. The summed E-state index contributed by atoms with van der Waals surface area (Å²) in [5.74, 6) is 0.800. The molecule has 2 aromatic carbocycles. The zero-order valence-corrected chi connectivity index (χ0v) is 27.6. The fraction of sp³-hybridized carbons (Fsp3) is 0.467. The number of benzene rings is 2. The predicted molar refractivity (Wildman–Crippen MR) is 175 cm³/mol. The summed E-state index contributed by atoms with van der Waals surface area (Å²) in [6.45, 7) is 2.35. The molecule has 2 N–H and O–H groups in total. The molecule has 12 nitrogen and oxygen atoms in total. The molecule has 3 aliphatic heterocycles. The van der Waals surface area contributed by atoms with Crippen LogP contribution in [0.1, 0.15) is 25.7 Å². The Bertz CT molecular complexity index is 1640. The highest BCUT2D eigenvalue weighted by atomic mass is 35.5. The minimum atomic E-state index is -3.71. The number of nitrogens with zero attached hydrogens (tertiary/aromatic N) is 5. The highest BCUT2D eigenvalue weighted by Gasteiger charge is 2.25. The van der Waals surface area contributed by atoms with Crippen molar-refractivity contribution in [1.82, 2.24) is 14.9 Å². The third kappa shape index (κ3) is 7.56. The Kier molecular flexibility index (Phi) is 9.94. The van der Waals surface area contributed by atoms with Gasteiger partial charge < -0.3 is 34.6 Å². The van der Waals surface area contributed by atoms with Gasteiger partial charge in [0.2, 0.25) is 16.0 Å². The predicted octanol–water partition coefficient (Wildman–Crippen LogP) is 5.24. The van der Waals surface area contributed by atoms with Gasteiger partial charge in [0.25, 0.3) is 0 Å². The molecule has 0 unspecified atom stereocenters. The molecule has 1 aromatic heterocycles. The third-order valence-electron chi connectivity index (χ3n) is 8.00. The molecule has 0 radical (unpaired) electrons.